The van der Waals surface area contributed by atoms with Crippen molar-refractivity contribution in [3.05, 3.63) is 34.9 Å². The maximum atomic E-state index is 11.3. The Labute approximate surface area is 127 Å². The molecule has 3 nitrogen and oxygen atoms in total. The summed E-state index contributed by atoms with van der Waals surface area (Å²) in [5.41, 5.74) is 5.60. The van der Waals surface area contributed by atoms with Gasteiger partial charge in [0, 0.05) is 10.9 Å². The van der Waals surface area contributed by atoms with Crippen LogP contribution in [0, 0.1) is 5.92 Å². The lowest BCUT2D eigenvalue weighted by Crippen LogP contribution is -2.45. The zero-order valence-electron chi connectivity index (χ0n) is 11.8. The minimum atomic E-state index is -0.900. The summed E-state index contributed by atoms with van der Waals surface area (Å²) in [4.78, 5) is 1.80. The second-order valence-corrected chi connectivity index (χ2v) is 6.10. The molecule has 20 heavy (non-hydrogen) atoms. The van der Waals surface area contributed by atoms with Crippen LogP contribution >= 0.6 is 11.6 Å². The molecule has 1 aliphatic heterocycles. The summed E-state index contributed by atoms with van der Waals surface area (Å²) < 4.78 is 0. The fraction of sp³-hybridized carbons (Fsp3) is 0.600. The van der Waals surface area contributed by atoms with Crippen LogP contribution in [0.3, 0.4) is 0 Å². The van der Waals surface area contributed by atoms with Crippen molar-refractivity contribution < 1.29 is 5.11 Å². The topological polar surface area (TPSA) is 49.5 Å². The number of hydrogen-bond acceptors (Lipinski definition) is 3. The predicted octanol–water partition coefficient (Wildman–Crippen LogP) is 2.06. The van der Waals surface area contributed by atoms with E-state index in [1.165, 1.54) is 0 Å². The molecule has 1 aliphatic rings. The fourth-order valence-corrected chi connectivity index (χ4v) is 3.30. The van der Waals surface area contributed by atoms with Crippen molar-refractivity contribution in [3.63, 3.8) is 0 Å². The zero-order valence-corrected chi connectivity index (χ0v) is 12.5. The quantitative estimate of drug-likeness (QED) is 0.817. The molecule has 0 bridgehead atoms. The smallest absolute Gasteiger partial charge is 0.182 e. The second-order valence-electron chi connectivity index (χ2n) is 5.66. The van der Waals surface area contributed by atoms with Crippen molar-refractivity contribution in [1.29, 1.82) is 0 Å². The summed E-state index contributed by atoms with van der Waals surface area (Å²) in [6.45, 7) is 2.16. The summed E-state index contributed by atoms with van der Waals surface area (Å²) >= 11 is 6.08. The number of nitrogens with zero attached hydrogens (tertiary/aromatic N) is 1. The highest BCUT2D eigenvalue weighted by Crippen LogP contribution is 2.39. The fourth-order valence-electron chi connectivity index (χ4n) is 3.11. The van der Waals surface area contributed by atoms with Crippen LogP contribution in [0.4, 0.5) is 0 Å². The standard InChI is InChI=1S/C15H22BClN2O/c16-19-9-2-5-13(11-19)15(20,7-3-8-18)12-4-1-6-14(17)10-12/h1,4,6,10,13,20H,2-3,5,7-9,11,18H2/t13-,15-/m1/s1. The van der Waals surface area contributed by atoms with E-state index in [2.05, 4.69) is 0 Å². The van der Waals surface area contributed by atoms with Crippen LogP contribution in [0.15, 0.2) is 24.3 Å². The molecule has 0 amide bonds. The highest BCUT2D eigenvalue weighted by molar-refractivity contribution is 6.30. The molecule has 108 valence electrons. The molecule has 5 heteroatoms. The van der Waals surface area contributed by atoms with Crippen LogP contribution in [0.25, 0.3) is 0 Å². The van der Waals surface area contributed by atoms with Gasteiger partial charge in [-0.3, -0.25) is 0 Å². The number of aliphatic hydroxyl groups is 1. The van der Waals surface area contributed by atoms with Crippen LogP contribution in [-0.4, -0.2) is 37.5 Å². The lowest BCUT2D eigenvalue weighted by atomic mass is 9.74. The summed E-state index contributed by atoms with van der Waals surface area (Å²) in [5.74, 6) is 0.117. The molecule has 2 atom stereocenters. The number of nitrogens with two attached hydrogens (primary N) is 1. The average molecular weight is 293 g/mol. The van der Waals surface area contributed by atoms with Crippen molar-refractivity contribution in [2.45, 2.75) is 31.3 Å². The maximum Gasteiger partial charge on any atom is 0.182 e. The first-order valence-electron chi connectivity index (χ1n) is 7.24. The van der Waals surface area contributed by atoms with E-state index in [-0.39, 0.29) is 5.92 Å². The number of piperidine rings is 1. The predicted molar refractivity (Wildman–Crippen MR) is 83.7 cm³/mol. The number of benzene rings is 1. The molecule has 0 aliphatic carbocycles. The van der Waals surface area contributed by atoms with Gasteiger partial charge in [-0.25, -0.2) is 0 Å². The monoisotopic (exact) mass is 292 g/mol. The normalized spacial score (nSPS) is 23.4. The van der Waals surface area contributed by atoms with E-state index >= 15 is 0 Å². The molecule has 2 rings (SSSR count). The zero-order chi connectivity index (χ0) is 14.6. The van der Waals surface area contributed by atoms with E-state index in [0.717, 1.165) is 31.4 Å². The van der Waals surface area contributed by atoms with Gasteiger partial charge in [-0.2, -0.15) is 0 Å². The Morgan fingerprint density at radius 1 is 1.50 bits per heavy atom. The van der Waals surface area contributed by atoms with Gasteiger partial charge < -0.3 is 15.7 Å². The highest BCUT2D eigenvalue weighted by Gasteiger charge is 2.39. The molecule has 0 unspecified atom stereocenters. The lowest BCUT2D eigenvalue weighted by molar-refractivity contribution is -0.0509. The van der Waals surface area contributed by atoms with Gasteiger partial charge in [-0.15, -0.1) is 0 Å². The summed E-state index contributed by atoms with van der Waals surface area (Å²) in [5, 5.41) is 11.9. The molecule has 1 heterocycles. The van der Waals surface area contributed by atoms with Gasteiger partial charge in [-0.05, 0) is 63.0 Å². The van der Waals surface area contributed by atoms with Crippen molar-refractivity contribution in [3.8, 4) is 0 Å². The molecule has 1 aromatic rings. The first kappa shape index (κ1) is 15.8. The summed E-state index contributed by atoms with van der Waals surface area (Å²) in [6, 6.07) is 7.50. The molecule has 2 radical (unpaired) electrons. The van der Waals surface area contributed by atoms with Gasteiger partial charge in [0.25, 0.3) is 0 Å². The van der Waals surface area contributed by atoms with Crippen LogP contribution in [0.2, 0.25) is 5.02 Å². The van der Waals surface area contributed by atoms with E-state index in [1.54, 1.807) is 4.81 Å². The largest absolute Gasteiger partial charge is 0.385 e. The van der Waals surface area contributed by atoms with Gasteiger partial charge in [0.1, 0.15) is 0 Å². The molecule has 3 N–H and O–H groups in total. The van der Waals surface area contributed by atoms with Crippen LogP contribution < -0.4 is 5.73 Å². The molecule has 0 saturated carbocycles. The Morgan fingerprint density at radius 3 is 2.95 bits per heavy atom. The van der Waals surface area contributed by atoms with Crippen LogP contribution in [0.1, 0.15) is 31.2 Å². The SMILES string of the molecule is [B]N1CCC[C@@H]([C@@](O)(CCCN)c2cccc(Cl)c2)C1. The second kappa shape index (κ2) is 6.94. The first-order valence-corrected chi connectivity index (χ1v) is 7.62. The van der Waals surface area contributed by atoms with E-state index in [4.69, 9.17) is 25.3 Å². The molecule has 0 spiro atoms. The molecule has 1 aromatic carbocycles. The molecule has 1 saturated heterocycles. The van der Waals surface area contributed by atoms with Crippen molar-refractivity contribution in [1.82, 2.24) is 4.81 Å². The Balaban J connectivity index is 2.28. The lowest BCUT2D eigenvalue weighted by Gasteiger charge is -2.42. The van der Waals surface area contributed by atoms with Gasteiger partial charge in [0.15, 0.2) is 7.98 Å². The van der Waals surface area contributed by atoms with Crippen LogP contribution in [0.5, 0.6) is 0 Å². The van der Waals surface area contributed by atoms with E-state index in [0.29, 0.717) is 24.5 Å². The third-order valence-electron chi connectivity index (χ3n) is 4.21. The molecular formula is C15H22BClN2O. The minimum absolute atomic E-state index is 0.117. The Bertz CT molecular complexity index is 446. The number of halogens is 1. The van der Waals surface area contributed by atoms with E-state index in [9.17, 15) is 5.11 Å². The third-order valence-corrected chi connectivity index (χ3v) is 4.45. The van der Waals surface area contributed by atoms with E-state index in [1.807, 2.05) is 24.3 Å². The first-order chi connectivity index (χ1) is 9.56. The van der Waals surface area contributed by atoms with Crippen molar-refractivity contribution in [2.75, 3.05) is 19.6 Å². The van der Waals surface area contributed by atoms with Crippen molar-refractivity contribution >= 4 is 19.6 Å². The highest BCUT2D eigenvalue weighted by atomic mass is 35.5. The third kappa shape index (κ3) is 3.56. The summed E-state index contributed by atoms with van der Waals surface area (Å²) in [6.07, 6.45) is 3.40. The molecule has 1 fully saturated rings. The van der Waals surface area contributed by atoms with Crippen LogP contribution in [-0.2, 0) is 5.60 Å². The van der Waals surface area contributed by atoms with Gasteiger partial charge in [0.05, 0.1) is 5.60 Å². The maximum absolute atomic E-state index is 11.3. The Hall–Kier alpha value is -0.545. The van der Waals surface area contributed by atoms with E-state index < -0.39 is 5.60 Å². The Kier molecular flexibility index (Phi) is 5.50. The van der Waals surface area contributed by atoms with Crippen molar-refractivity contribution in [2.24, 2.45) is 11.7 Å². The van der Waals surface area contributed by atoms with Gasteiger partial charge in [-0.1, -0.05) is 23.7 Å². The van der Waals surface area contributed by atoms with Gasteiger partial charge in [0.2, 0.25) is 0 Å². The Morgan fingerprint density at radius 2 is 2.30 bits per heavy atom. The molecular weight excluding hydrogens is 270 g/mol. The number of hydrogen-bond donors (Lipinski definition) is 2. The summed E-state index contributed by atoms with van der Waals surface area (Å²) in [7, 11) is 5.93. The number of rotatable bonds is 5. The molecule has 0 aromatic heterocycles. The van der Waals surface area contributed by atoms with Gasteiger partial charge >= 0.3 is 0 Å². The minimum Gasteiger partial charge on any atom is -0.385 e. The average Bonchev–Trinajstić information content (AvgIpc) is 2.45.